The van der Waals surface area contributed by atoms with Crippen molar-refractivity contribution in [3.05, 3.63) is 53.7 Å². The van der Waals surface area contributed by atoms with E-state index in [4.69, 9.17) is 9.47 Å². The van der Waals surface area contributed by atoms with Gasteiger partial charge in [0.05, 0.1) is 38.0 Å². The van der Waals surface area contributed by atoms with Gasteiger partial charge in [0.15, 0.2) is 0 Å². The summed E-state index contributed by atoms with van der Waals surface area (Å²) in [6.07, 6.45) is 1.73. The Balaban J connectivity index is 1.27. The summed E-state index contributed by atoms with van der Waals surface area (Å²) in [5.74, 6) is 0.811. The van der Waals surface area contributed by atoms with Crippen LogP contribution in [0.25, 0.3) is 0 Å². The molecule has 7 nitrogen and oxygen atoms in total. The Kier molecular flexibility index (Phi) is 6.08. The molecule has 1 amide bonds. The van der Waals surface area contributed by atoms with Gasteiger partial charge in [-0.25, -0.2) is 4.98 Å². The normalized spacial score (nSPS) is 22.7. The van der Waals surface area contributed by atoms with Crippen molar-refractivity contribution in [2.24, 2.45) is 0 Å². The lowest BCUT2D eigenvalue weighted by molar-refractivity contribution is -0.117. The quantitative estimate of drug-likeness (QED) is 0.807. The Morgan fingerprint density at radius 2 is 1.86 bits per heavy atom. The van der Waals surface area contributed by atoms with E-state index in [2.05, 4.69) is 20.5 Å². The maximum absolute atomic E-state index is 12.5. The highest BCUT2D eigenvalue weighted by Crippen LogP contribution is 2.22. The van der Waals surface area contributed by atoms with Crippen LogP contribution in [0.5, 0.6) is 0 Å². The van der Waals surface area contributed by atoms with Gasteiger partial charge in [-0.3, -0.25) is 9.69 Å². The van der Waals surface area contributed by atoms with E-state index < -0.39 is 0 Å². The van der Waals surface area contributed by atoms with Crippen LogP contribution in [0.2, 0.25) is 0 Å². The number of anilines is 2. The highest BCUT2D eigenvalue weighted by Gasteiger charge is 2.38. The number of aryl methyl sites for hydroxylation is 1. The molecule has 2 saturated heterocycles. The molecular weight excluding hydrogens is 368 g/mol. The number of carbonyl (C=O) groups excluding carboxylic acids is 1. The molecule has 3 heterocycles. The first-order valence-corrected chi connectivity index (χ1v) is 10.1. The molecule has 2 aromatic rings. The number of likely N-dealkylation sites (tertiary alicyclic amines) is 1. The minimum Gasteiger partial charge on any atom is -0.372 e. The molecule has 2 aliphatic rings. The van der Waals surface area contributed by atoms with Gasteiger partial charge >= 0.3 is 0 Å². The van der Waals surface area contributed by atoms with Gasteiger partial charge in [-0.05, 0) is 43.2 Å². The molecule has 0 bridgehead atoms. The van der Waals surface area contributed by atoms with Crippen LogP contribution in [-0.2, 0) is 14.3 Å². The second-order valence-corrected chi connectivity index (χ2v) is 7.79. The van der Waals surface area contributed by atoms with Crippen LogP contribution < -0.4 is 10.6 Å². The number of ether oxygens (including phenoxy) is 2. The lowest BCUT2D eigenvalue weighted by Gasteiger charge is -2.19. The van der Waals surface area contributed by atoms with Gasteiger partial charge in [-0.2, -0.15) is 0 Å². The molecule has 2 atom stereocenters. The fourth-order valence-corrected chi connectivity index (χ4v) is 3.82. The van der Waals surface area contributed by atoms with Gasteiger partial charge < -0.3 is 20.1 Å². The summed E-state index contributed by atoms with van der Waals surface area (Å²) < 4.78 is 12.2. The number of fused-ring (bicyclic) bond motifs is 1. The first-order valence-electron chi connectivity index (χ1n) is 10.1. The molecule has 2 fully saturated rings. The lowest BCUT2D eigenvalue weighted by Crippen LogP contribution is -2.35. The fraction of sp³-hybridized carbons (Fsp3) is 0.455. The number of pyridine rings is 1. The van der Waals surface area contributed by atoms with Crippen LogP contribution in [0, 0.1) is 13.8 Å². The van der Waals surface area contributed by atoms with Crippen molar-refractivity contribution in [1.29, 1.82) is 0 Å². The van der Waals surface area contributed by atoms with Crippen molar-refractivity contribution in [3.63, 3.8) is 0 Å². The van der Waals surface area contributed by atoms with Crippen LogP contribution in [0.15, 0.2) is 42.6 Å². The van der Waals surface area contributed by atoms with E-state index in [1.807, 2.05) is 50.2 Å². The Hall–Kier alpha value is -2.48. The van der Waals surface area contributed by atoms with E-state index in [-0.39, 0.29) is 24.2 Å². The first kappa shape index (κ1) is 19.8. The number of aromatic nitrogens is 1. The summed E-state index contributed by atoms with van der Waals surface area (Å²) in [7, 11) is 0. The summed E-state index contributed by atoms with van der Waals surface area (Å²) in [6, 6.07) is 11.8. The molecule has 7 heteroatoms. The Labute approximate surface area is 171 Å². The van der Waals surface area contributed by atoms with Crippen molar-refractivity contribution in [2.75, 3.05) is 43.5 Å². The molecule has 0 aliphatic carbocycles. The molecular formula is C22H28N4O3. The lowest BCUT2D eigenvalue weighted by atomic mass is 10.1. The standard InChI is InChI=1S/C22H28N4O3/c1-15-6-5-7-18(16(15)2)25-22(27)12-26-10-19-20(11-26)29-14-17(13-28-19)24-21-8-3-4-9-23-21/h3-9,17,19-20H,10-14H2,1-2H3,(H,23,24)(H,25,27)/t19-,20-/m0/s1. The third-order valence-electron chi connectivity index (χ3n) is 5.58. The van der Waals surface area contributed by atoms with Crippen molar-refractivity contribution < 1.29 is 14.3 Å². The zero-order chi connectivity index (χ0) is 20.2. The van der Waals surface area contributed by atoms with Crippen LogP contribution in [0.3, 0.4) is 0 Å². The number of hydrogen-bond donors (Lipinski definition) is 2. The maximum atomic E-state index is 12.5. The molecule has 0 spiro atoms. The third kappa shape index (κ3) is 4.93. The van der Waals surface area contributed by atoms with Gasteiger partial charge in [-0.1, -0.05) is 18.2 Å². The first-order chi connectivity index (χ1) is 14.1. The van der Waals surface area contributed by atoms with Gasteiger partial charge in [0.2, 0.25) is 5.91 Å². The third-order valence-corrected chi connectivity index (χ3v) is 5.58. The molecule has 154 valence electrons. The summed E-state index contributed by atoms with van der Waals surface area (Å²) in [4.78, 5) is 18.9. The number of hydrogen-bond acceptors (Lipinski definition) is 6. The molecule has 1 aromatic heterocycles. The molecule has 2 N–H and O–H groups in total. The molecule has 4 rings (SSSR count). The number of nitrogens with one attached hydrogen (secondary N) is 2. The predicted octanol–water partition coefficient (Wildman–Crippen LogP) is 2.22. The van der Waals surface area contributed by atoms with Crippen LogP contribution >= 0.6 is 0 Å². The minimum atomic E-state index is -0.0148. The number of amides is 1. The molecule has 0 radical (unpaired) electrons. The average molecular weight is 396 g/mol. The Bertz CT molecular complexity index is 829. The summed E-state index contributed by atoms with van der Waals surface area (Å²) in [5.41, 5.74) is 3.15. The Morgan fingerprint density at radius 1 is 1.10 bits per heavy atom. The zero-order valence-electron chi connectivity index (χ0n) is 16.9. The summed E-state index contributed by atoms with van der Waals surface area (Å²) >= 11 is 0. The predicted molar refractivity (Wildman–Crippen MR) is 112 cm³/mol. The molecule has 2 aliphatic heterocycles. The second-order valence-electron chi connectivity index (χ2n) is 7.79. The van der Waals surface area contributed by atoms with Gasteiger partial charge in [-0.15, -0.1) is 0 Å². The molecule has 29 heavy (non-hydrogen) atoms. The monoisotopic (exact) mass is 396 g/mol. The van der Waals surface area contributed by atoms with E-state index in [9.17, 15) is 4.79 Å². The largest absolute Gasteiger partial charge is 0.372 e. The van der Waals surface area contributed by atoms with Crippen LogP contribution in [-0.4, -0.2) is 66.9 Å². The topological polar surface area (TPSA) is 75.7 Å². The average Bonchev–Trinajstić information content (AvgIpc) is 3.00. The Morgan fingerprint density at radius 3 is 2.55 bits per heavy atom. The van der Waals surface area contributed by atoms with Crippen molar-refractivity contribution in [2.45, 2.75) is 32.1 Å². The van der Waals surface area contributed by atoms with Crippen LogP contribution in [0.1, 0.15) is 11.1 Å². The smallest absolute Gasteiger partial charge is 0.238 e. The number of rotatable bonds is 5. The maximum Gasteiger partial charge on any atom is 0.238 e. The second kappa shape index (κ2) is 8.90. The van der Waals surface area contributed by atoms with Gasteiger partial charge in [0.1, 0.15) is 5.82 Å². The van der Waals surface area contributed by atoms with E-state index in [0.717, 1.165) is 17.1 Å². The van der Waals surface area contributed by atoms with Gasteiger partial charge in [0.25, 0.3) is 0 Å². The van der Waals surface area contributed by atoms with Crippen LogP contribution in [0.4, 0.5) is 11.5 Å². The van der Waals surface area contributed by atoms with Crippen molar-refractivity contribution in [3.8, 4) is 0 Å². The van der Waals surface area contributed by atoms with Gasteiger partial charge in [0, 0.05) is 25.0 Å². The molecule has 1 aromatic carbocycles. The van der Waals surface area contributed by atoms with E-state index in [0.29, 0.717) is 32.8 Å². The zero-order valence-corrected chi connectivity index (χ0v) is 16.9. The summed E-state index contributed by atoms with van der Waals surface area (Å²) in [5, 5.41) is 6.38. The van der Waals surface area contributed by atoms with E-state index >= 15 is 0 Å². The molecule has 0 saturated carbocycles. The van der Waals surface area contributed by atoms with E-state index in [1.165, 1.54) is 5.56 Å². The minimum absolute atomic E-state index is 0.00939. The molecule has 0 unspecified atom stereocenters. The van der Waals surface area contributed by atoms with Crippen molar-refractivity contribution in [1.82, 2.24) is 9.88 Å². The highest BCUT2D eigenvalue weighted by atomic mass is 16.6. The highest BCUT2D eigenvalue weighted by molar-refractivity contribution is 5.93. The SMILES string of the molecule is Cc1cccc(NC(=O)CN2C[C@@H]3OCC(Nc4ccccn4)CO[C@H]3C2)c1C. The number of nitrogens with zero attached hydrogens (tertiary/aromatic N) is 2. The van der Waals surface area contributed by atoms with Crippen molar-refractivity contribution >= 4 is 17.4 Å². The summed E-state index contributed by atoms with van der Waals surface area (Å²) in [6.45, 7) is 6.91. The number of benzene rings is 1. The number of carbonyl (C=O) groups is 1. The fourth-order valence-electron chi connectivity index (χ4n) is 3.82. The van der Waals surface area contributed by atoms with E-state index in [1.54, 1.807) is 6.20 Å².